The molecule has 0 radical (unpaired) electrons. The molecule has 7 heteroatoms. The first kappa shape index (κ1) is 19.5. The first-order valence-corrected chi connectivity index (χ1v) is 9.94. The molecule has 27 heavy (non-hydrogen) atoms. The highest BCUT2D eigenvalue weighted by Gasteiger charge is 2.18. The molecular weight excluding hydrogens is 380 g/mol. The maximum absolute atomic E-state index is 12.5. The van der Waals surface area contributed by atoms with Gasteiger partial charge < -0.3 is 9.88 Å². The van der Waals surface area contributed by atoms with Gasteiger partial charge in [-0.1, -0.05) is 53.2 Å². The molecule has 0 saturated carbocycles. The van der Waals surface area contributed by atoms with Crippen LogP contribution in [-0.4, -0.2) is 20.7 Å². The van der Waals surface area contributed by atoms with Crippen molar-refractivity contribution in [3.63, 3.8) is 0 Å². The second-order valence-corrected chi connectivity index (χ2v) is 7.76. The Morgan fingerprint density at radius 2 is 1.96 bits per heavy atom. The summed E-state index contributed by atoms with van der Waals surface area (Å²) in [6.45, 7) is 3.87. The minimum atomic E-state index is -0.250. The van der Waals surface area contributed by atoms with Crippen LogP contribution in [0.1, 0.15) is 40.3 Å². The predicted octanol–water partition coefficient (Wildman–Crippen LogP) is 4.56. The fraction of sp³-hybridized carbons (Fsp3) is 0.250. The number of aromatic nitrogens is 3. The summed E-state index contributed by atoms with van der Waals surface area (Å²) in [5.41, 5.74) is 2.85. The highest BCUT2D eigenvalue weighted by Crippen LogP contribution is 2.24. The van der Waals surface area contributed by atoms with Crippen LogP contribution in [0.2, 0.25) is 5.02 Å². The van der Waals surface area contributed by atoms with Crippen LogP contribution in [0.15, 0.2) is 53.7 Å². The fourth-order valence-electron chi connectivity index (χ4n) is 2.69. The van der Waals surface area contributed by atoms with Crippen LogP contribution < -0.4 is 5.32 Å². The molecule has 140 valence electrons. The molecule has 2 aromatic carbocycles. The molecule has 3 rings (SSSR count). The number of carbonyl (C=O) groups is 1. The number of rotatable bonds is 6. The Morgan fingerprint density at radius 1 is 1.22 bits per heavy atom. The average Bonchev–Trinajstić information content (AvgIpc) is 3.02. The molecule has 0 aliphatic carbocycles. The van der Waals surface area contributed by atoms with Crippen LogP contribution in [0.25, 0.3) is 0 Å². The first-order valence-electron chi connectivity index (χ1n) is 8.58. The molecule has 1 atom stereocenters. The van der Waals surface area contributed by atoms with Gasteiger partial charge in [0.25, 0.3) is 5.91 Å². The molecule has 1 N–H and O–H groups in total. The van der Waals surface area contributed by atoms with Crippen molar-refractivity contribution in [2.75, 3.05) is 0 Å². The van der Waals surface area contributed by atoms with E-state index >= 15 is 0 Å². The van der Waals surface area contributed by atoms with Crippen molar-refractivity contribution in [1.29, 1.82) is 0 Å². The number of nitrogens with zero attached hydrogens (tertiary/aromatic N) is 3. The SMILES string of the molecule is Cc1cccc(C(=O)NC(C)c2nnc(SCc3ccc(Cl)cc3)n2C)c1. The third-order valence-electron chi connectivity index (χ3n) is 4.16. The molecule has 1 unspecified atom stereocenters. The first-order chi connectivity index (χ1) is 12.9. The van der Waals surface area contributed by atoms with E-state index in [0.717, 1.165) is 32.9 Å². The summed E-state index contributed by atoms with van der Waals surface area (Å²) in [4.78, 5) is 12.5. The lowest BCUT2D eigenvalue weighted by molar-refractivity contribution is 0.0937. The van der Waals surface area contributed by atoms with E-state index in [1.165, 1.54) is 0 Å². The van der Waals surface area contributed by atoms with Gasteiger partial charge in [0.15, 0.2) is 11.0 Å². The number of hydrogen-bond donors (Lipinski definition) is 1. The summed E-state index contributed by atoms with van der Waals surface area (Å²) < 4.78 is 1.92. The van der Waals surface area contributed by atoms with Crippen molar-refractivity contribution in [1.82, 2.24) is 20.1 Å². The summed E-state index contributed by atoms with van der Waals surface area (Å²) in [5.74, 6) is 1.37. The number of benzene rings is 2. The quantitative estimate of drug-likeness (QED) is 0.616. The van der Waals surface area contributed by atoms with Gasteiger partial charge in [-0.25, -0.2) is 0 Å². The van der Waals surface area contributed by atoms with E-state index in [1.807, 2.05) is 67.9 Å². The maximum Gasteiger partial charge on any atom is 0.251 e. The van der Waals surface area contributed by atoms with E-state index in [1.54, 1.807) is 17.8 Å². The zero-order valence-electron chi connectivity index (χ0n) is 15.4. The van der Waals surface area contributed by atoms with Gasteiger partial charge in [0.2, 0.25) is 0 Å². The number of hydrogen-bond acceptors (Lipinski definition) is 4. The molecule has 0 aliphatic heterocycles. The van der Waals surface area contributed by atoms with Crippen LogP contribution in [0, 0.1) is 6.92 Å². The largest absolute Gasteiger partial charge is 0.342 e. The molecule has 1 amide bonds. The van der Waals surface area contributed by atoms with Crippen molar-refractivity contribution in [3.8, 4) is 0 Å². The molecule has 0 bridgehead atoms. The average molecular weight is 401 g/mol. The van der Waals surface area contributed by atoms with Crippen molar-refractivity contribution < 1.29 is 4.79 Å². The molecule has 5 nitrogen and oxygen atoms in total. The van der Waals surface area contributed by atoms with Gasteiger partial charge in [-0.2, -0.15) is 0 Å². The van der Waals surface area contributed by atoms with Crippen LogP contribution in [0.5, 0.6) is 0 Å². The van der Waals surface area contributed by atoms with Crippen molar-refractivity contribution >= 4 is 29.3 Å². The lowest BCUT2D eigenvalue weighted by atomic mass is 10.1. The molecule has 0 aliphatic rings. The van der Waals surface area contributed by atoms with Crippen LogP contribution in [0.3, 0.4) is 0 Å². The number of amides is 1. The third kappa shape index (κ3) is 4.90. The Hall–Kier alpha value is -2.31. The maximum atomic E-state index is 12.5. The van der Waals surface area contributed by atoms with Crippen LogP contribution in [0.4, 0.5) is 0 Å². The third-order valence-corrected chi connectivity index (χ3v) is 5.51. The zero-order valence-corrected chi connectivity index (χ0v) is 17.0. The van der Waals surface area contributed by atoms with Gasteiger partial charge in [-0.05, 0) is 43.7 Å². The smallest absolute Gasteiger partial charge is 0.251 e. The molecule has 3 aromatic rings. The van der Waals surface area contributed by atoms with Gasteiger partial charge in [0.05, 0.1) is 6.04 Å². The van der Waals surface area contributed by atoms with E-state index < -0.39 is 0 Å². The summed E-state index contributed by atoms with van der Waals surface area (Å²) in [6.07, 6.45) is 0. The van der Waals surface area contributed by atoms with Crippen molar-refractivity contribution in [2.24, 2.45) is 7.05 Å². The second-order valence-electron chi connectivity index (χ2n) is 6.38. The minimum absolute atomic E-state index is 0.121. The highest BCUT2D eigenvalue weighted by atomic mass is 35.5. The van der Waals surface area contributed by atoms with E-state index in [-0.39, 0.29) is 11.9 Å². The Kier molecular flexibility index (Phi) is 6.19. The summed E-state index contributed by atoms with van der Waals surface area (Å²) in [7, 11) is 1.91. The molecule has 0 fully saturated rings. The molecule has 1 aromatic heterocycles. The van der Waals surface area contributed by atoms with E-state index in [4.69, 9.17) is 11.6 Å². The zero-order chi connectivity index (χ0) is 19.4. The normalized spacial score (nSPS) is 12.0. The van der Waals surface area contributed by atoms with E-state index in [2.05, 4.69) is 15.5 Å². The second kappa shape index (κ2) is 8.59. The predicted molar refractivity (Wildman–Crippen MR) is 109 cm³/mol. The topological polar surface area (TPSA) is 59.8 Å². The highest BCUT2D eigenvalue weighted by molar-refractivity contribution is 7.98. The summed E-state index contributed by atoms with van der Waals surface area (Å²) in [5, 5.41) is 13.0. The Morgan fingerprint density at radius 3 is 2.67 bits per heavy atom. The number of thioether (sulfide) groups is 1. The Labute approximate surface area is 168 Å². The Balaban J connectivity index is 1.65. The molecule has 0 saturated heterocycles. The summed E-state index contributed by atoms with van der Waals surface area (Å²) in [6, 6.07) is 15.0. The van der Waals surface area contributed by atoms with Gasteiger partial charge in [-0.3, -0.25) is 4.79 Å². The minimum Gasteiger partial charge on any atom is -0.342 e. The van der Waals surface area contributed by atoms with E-state index in [9.17, 15) is 4.79 Å². The van der Waals surface area contributed by atoms with Crippen molar-refractivity contribution in [3.05, 3.63) is 76.1 Å². The Bertz CT molecular complexity index is 939. The van der Waals surface area contributed by atoms with Crippen molar-refractivity contribution in [2.45, 2.75) is 30.8 Å². The summed E-state index contributed by atoms with van der Waals surface area (Å²) >= 11 is 7.51. The lowest BCUT2D eigenvalue weighted by Gasteiger charge is -2.14. The molecular formula is C20H21ClN4OS. The standard InChI is InChI=1S/C20H21ClN4OS/c1-13-5-4-6-16(11-13)19(26)22-14(2)18-23-24-20(25(18)3)27-12-15-7-9-17(21)10-8-15/h4-11,14H,12H2,1-3H3,(H,22,26). The van der Waals surface area contributed by atoms with E-state index in [0.29, 0.717) is 5.56 Å². The van der Waals surface area contributed by atoms with Gasteiger partial charge in [-0.15, -0.1) is 10.2 Å². The van der Waals surface area contributed by atoms with Gasteiger partial charge in [0.1, 0.15) is 0 Å². The number of aryl methyl sites for hydroxylation is 1. The van der Waals surface area contributed by atoms with Gasteiger partial charge in [0, 0.05) is 23.4 Å². The van der Waals surface area contributed by atoms with Crippen LogP contribution >= 0.6 is 23.4 Å². The number of nitrogens with one attached hydrogen (secondary N) is 1. The fourth-order valence-corrected chi connectivity index (χ4v) is 3.69. The molecule has 1 heterocycles. The number of carbonyl (C=O) groups excluding carboxylic acids is 1. The lowest BCUT2D eigenvalue weighted by Crippen LogP contribution is -2.28. The van der Waals surface area contributed by atoms with Crippen LogP contribution in [-0.2, 0) is 12.8 Å². The van der Waals surface area contributed by atoms with Gasteiger partial charge >= 0.3 is 0 Å². The monoisotopic (exact) mass is 400 g/mol. The molecule has 0 spiro atoms. The number of halogens is 1.